The number of amides is 1. The number of para-hydroxylation sites is 1. The lowest BCUT2D eigenvalue weighted by Gasteiger charge is -2.18. The molecule has 0 aliphatic carbocycles. The summed E-state index contributed by atoms with van der Waals surface area (Å²) in [4.78, 5) is 18.3. The Hall–Kier alpha value is -1.88. The third kappa shape index (κ3) is 2.10. The minimum atomic E-state index is -0.101. The molecule has 96 valence electrons. The molecule has 1 aromatic carbocycles. The predicted octanol–water partition coefficient (Wildman–Crippen LogP) is 2.63. The molecule has 0 unspecified atom stereocenters. The van der Waals surface area contributed by atoms with Gasteiger partial charge in [-0.3, -0.25) is 4.79 Å². The molecule has 0 radical (unpaired) electrons. The molecule has 3 rings (SSSR count). The molecule has 5 heteroatoms. The van der Waals surface area contributed by atoms with Crippen LogP contribution in [-0.4, -0.2) is 17.4 Å². The van der Waals surface area contributed by atoms with Crippen LogP contribution in [0.1, 0.15) is 15.9 Å². The summed E-state index contributed by atoms with van der Waals surface area (Å²) >= 11 is 3.32. The second-order valence-electron chi connectivity index (χ2n) is 4.42. The Kier molecular flexibility index (Phi) is 2.98. The Balaban J connectivity index is 2.00. The molecule has 1 aliphatic rings. The van der Waals surface area contributed by atoms with Crippen molar-refractivity contribution in [3.05, 3.63) is 52.1 Å². The SMILES string of the molecule is Nc1ncc(Br)cc1C(=O)N1CCc2ccccc21. The fourth-order valence-corrected chi connectivity index (χ4v) is 2.65. The number of nitrogens with zero attached hydrogens (tertiary/aromatic N) is 2. The average molecular weight is 318 g/mol. The first-order chi connectivity index (χ1) is 9.16. The molecule has 1 amide bonds. The molecule has 2 heterocycles. The molecule has 0 bridgehead atoms. The largest absolute Gasteiger partial charge is 0.383 e. The van der Waals surface area contributed by atoms with E-state index in [4.69, 9.17) is 5.73 Å². The molecule has 1 aliphatic heterocycles. The number of rotatable bonds is 1. The summed E-state index contributed by atoms with van der Waals surface area (Å²) in [6, 6.07) is 9.65. The van der Waals surface area contributed by atoms with Crippen molar-refractivity contribution in [2.75, 3.05) is 17.2 Å². The zero-order valence-electron chi connectivity index (χ0n) is 10.1. The van der Waals surface area contributed by atoms with Crippen LogP contribution in [0.3, 0.4) is 0 Å². The molecule has 0 spiro atoms. The van der Waals surface area contributed by atoms with Gasteiger partial charge in [-0.05, 0) is 40.0 Å². The lowest BCUT2D eigenvalue weighted by molar-refractivity contribution is 0.0990. The van der Waals surface area contributed by atoms with Crippen LogP contribution in [0, 0.1) is 0 Å². The normalized spacial score (nSPS) is 13.4. The van der Waals surface area contributed by atoms with Gasteiger partial charge in [0.05, 0.1) is 5.56 Å². The highest BCUT2D eigenvalue weighted by Crippen LogP contribution is 2.30. The quantitative estimate of drug-likeness (QED) is 0.879. The summed E-state index contributed by atoms with van der Waals surface area (Å²) in [5.74, 6) is 0.161. The highest BCUT2D eigenvalue weighted by molar-refractivity contribution is 9.10. The Morgan fingerprint density at radius 1 is 1.37 bits per heavy atom. The lowest BCUT2D eigenvalue weighted by Crippen LogP contribution is -2.29. The van der Waals surface area contributed by atoms with Crippen LogP contribution in [0.5, 0.6) is 0 Å². The summed E-state index contributed by atoms with van der Waals surface area (Å²) in [7, 11) is 0. The summed E-state index contributed by atoms with van der Waals surface area (Å²) in [6.07, 6.45) is 2.47. The predicted molar refractivity (Wildman–Crippen MR) is 78.2 cm³/mol. The van der Waals surface area contributed by atoms with Crippen LogP contribution in [0.2, 0.25) is 0 Å². The number of pyridine rings is 1. The zero-order chi connectivity index (χ0) is 13.4. The fourth-order valence-electron chi connectivity index (χ4n) is 2.32. The minimum Gasteiger partial charge on any atom is -0.383 e. The minimum absolute atomic E-state index is 0.101. The van der Waals surface area contributed by atoms with Crippen LogP contribution in [0.15, 0.2) is 41.0 Å². The zero-order valence-corrected chi connectivity index (χ0v) is 11.7. The van der Waals surface area contributed by atoms with Gasteiger partial charge in [-0.15, -0.1) is 0 Å². The van der Waals surface area contributed by atoms with E-state index in [9.17, 15) is 4.79 Å². The number of anilines is 2. The van der Waals surface area contributed by atoms with E-state index >= 15 is 0 Å². The molecule has 0 saturated carbocycles. The Morgan fingerprint density at radius 2 is 2.16 bits per heavy atom. The number of nitrogens with two attached hydrogens (primary N) is 1. The number of halogens is 1. The van der Waals surface area contributed by atoms with Gasteiger partial charge in [-0.2, -0.15) is 0 Å². The molecule has 2 aromatic rings. The van der Waals surface area contributed by atoms with Gasteiger partial charge >= 0.3 is 0 Å². The van der Waals surface area contributed by atoms with E-state index in [1.165, 1.54) is 5.56 Å². The van der Waals surface area contributed by atoms with Crippen molar-refractivity contribution in [3.63, 3.8) is 0 Å². The van der Waals surface area contributed by atoms with Gasteiger partial charge in [0, 0.05) is 22.9 Å². The molecule has 0 atom stereocenters. The highest BCUT2D eigenvalue weighted by Gasteiger charge is 2.26. The maximum atomic E-state index is 12.6. The van der Waals surface area contributed by atoms with E-state index in [2.05, 4.69) is 20.9 Å². The molecular formula is C14H12BrN3O. The highest BCUT2D eigenvalue weighted by atomic mass is 79.9. The Bertz CT molecular complexity index is 657. The van der Waals surface area contributed by atoms with E-state index in [1.54, 1.807) is 17.2 Å². The third-order valence-electron chi connectivity index (χ3n) is 3.25. The van der Waals surface area contributed by atoms with Crippen LogP contribution >= 0.6 is 15.9 Å². The topological polar surface area (TPSA) is 59.2 Å². The summed E-state index contributed by atoms with van der Waals surface area (Å²) in [5, 5.41) is 0. The van der Waals surface area contributed by atoms with E-state index in [-0.39, 0.29) is 11.7 Å². The first kappa shape index (κ1) is 12.2. The van der Waals surface area contributed by atoms with Crippen molar-refractivity contribution < 1.29 is 4.79 Å². The first-order valence-corrected chi connectivity index (χ1v) is 6.77. The Morgan fingerprint density at radius 3 is 3.00 bits per heavy atom. The van der Waals surface area contributed by atoms with Gasteiger partial charge in [-0.1, -0.05) is 18.2 Å². The number of carbonyl (C=O) groups excluding carboxylic acids is 1. The number of carbonyl (C=O) groups is 1. The maximum absolute atomic E-state index is 12.6. The molecule has 0 saturated heterocycles. The molecule has 4 nitrogen and oxygen atoms in total. The van der Waals surface area contributed by atoms with Crippen molar-refractivity contribution in [2.45, 2.75) is 6.42 Å². The third-order valence-corrected chi connectivity index (χ3v) is 3.68. The van der Waals surface area contributed by atoms with Gasteiger partial charge in [-0.25, -0.2) is 4.98 Å². The number of fused-ring (bicyclic) bond motifs is 1. The summed E-state index contributed by atoms with van der Waals surface area (Å²) in [5.41, 5.74) is 8.39. The second kappa shape index (κ2) is 4.66. The molecule has 2 N–H and O–H groups in total. The van der Waals surface area contributed by atoms with Crippen molar-refractivity contribution in [2.24, 2.45) is 0 Å². The number of nitrogen functional groups attached to an aromatic ring is 1. The Labute approximate surface area is 119 Å². The van der Waals surface area contributed by atoms with Crippen LogP contribution in [-0.2, 0) is 6.42 Å². The summed E-state index contributed by atoms with van der Waals surface area (Å²) in [6.45, 7) is 0.685. The van der Waals surface area contributed by atoms with Crippen molar-refractivity contribution in [1.29, 1.82) is 0 Å². The average Bonchev–Trinajstić information content (AvgIpc) is 2.84. The maximum Gasteiger partial charge on any atom is 0.262 e. The van der Waals surface area contributed by atoms with E-state index in [1.807, 2.05) is 24.3 Å². The monoisotopic (exact) mass is 317 g/mol. The van der Waals surface area contributed by atoms with E-state index < -0.39 is 0 Å². The molecule has 0 fully saturated rings. The van der Waals surface area contributed by atoms with Crippen molar-refractivity contribution in [1.82, 2.24) is 4.98 Å². The van der Waals surface area contributed by atoms with Crippen LogP contribution < -0.4 is 10.6 Å². The number of aromatic nitrogens is 1. The van der Waals surface area contributed by atoms with Gasteiger partial charge in [0.25, 0.3) is 5.91 Å². The number of hydrogen-bond donors (Lipinski definition) is 1. The van der Waals surface area contributed by atoms with Gasteiger partial charge in [0.1, 0.15) is 5.82 Å². The van der Waals surface area contributed by atoms with Crippen LogP contribution in [0.4, 0.5) is 11.5 Å². The van der Waals surface area contributed by atoms with Crippen LogP contribution in [0.25, 0.3) is 0 Å². The molecule has 1 aromatic heterocycles. The smallest absolute Gasteiger partial charge is 0.262 e. The number of benzene rings is 1. The van der Waals surface area contributed by atoms with E-state index in [0.29, 0.717) is 12.1 Å². The number of hydrogen-bond acceptors (Lipinski definition) is 3. The fraction of sp³-hybridized carbons (Fsp3) is 0.143. The van der Waals surface area contributed by atoms with E-state index in [0.717, 1.165) is 16.6 Å². The van der Waals surface area contributed by atoms with Gasteiger partial charge in [0.2, 0.25) is 0 Å². The second-order valence-corrected chi connectivity index (χ2v) is 5.34. The lowest BCUT2D eigenvalue weighted by atomic mass is 10.2. The summed E-state index contributed by atoms with van der Waals surface area (Å²) < 4.78 is 0.748. The van der Waals surface area contributed by atoms with Gasteiger partial charge in [0.15, 0.2) is 0 Å². The molecular weight excluding hydrogens is 306 g/mol. The standard InChI is InChI=1S/C14H12BrN3O/c15-10-7-11(13(16)17-8-10)14(19)18-6-5-9-3-1-2-4-12(9)18/h1-4,7-8H,5-6H2,(H2,16,17). The molecule has 19 heavy (non-hydrogen) atoms. The van der Waals surface area contributed by atoms with Crippen molar-refractivity contribution in [3.8, 4) is 0 Å². The first-order valence-electron chi connectivity index (χ1n) is 5.97. The van der Waals surface area contributed by atoms with Crippen molar-refractivity contribution >= 4 is 33.3 Å². The van der Waals surface area contributed by atoms with Gasteiger partial charge < -0.3 is 10.6 Å².